The SMILES string of the molecule is O=C1CC2(CCNCC2)Oc2ccc(N3CCS(O)(O)CC3)cc21. The molecule has 0 bridgehead atoms. The summed E-state index contributed by atoms with van der Waals surface area (Å²) in [6, 6.07) is 5.78. The molecule has 0 atom stereocenters. The molecule has 2 fully saturated rings. The van der Waals surface area contributed by atoms with Gasteiger partial charge in [-0.05, 0) is 31.3 Å². The number of fused-ring (bicyclic) bond motifs is 1. The number of piperidine rings is 1. The number of Topliss-reactive ketones (excluding diaryl/α,β-unsaturated/α-hetero) is 1. The van der Waals surface area contributed by atoms with Crippen LogP contribution in [0.25, 0.3) is 0 Å². The van der Waals surface area contributed by atoms with Gasteiger partial charge in [-0.15, -0.1) is 0 Å². The van der Waals surface area contributed by atoms with Crippen LogP contribution in [-0.4, -0.2) is 58.2 Å². The van der Waals surface area contributed by atoms with Gasteiger partial charge in [0, 0.05) is 31.6 Å². The van der Waals surface area contributed by atoms with E-state index in [9.17, 15) is 13.9 Å². The Balaban J connectivity index is 1.56. The van der Waals surface area contributed by atoms with E-state index in [1.165, 1.54) is 0 Å². The van der Waals surface area contributed by atoms with E-state index in [-0.39, 0.29) is 11.4 Å². The quantitative estimate of drug-likeness (QED) is 0.720. The third kappa shape index (κ3) is 3.01. The molecule has 6 nitrogen and oxygen atoms in total. The Hall–Kier alpha value is -1.28. The van der Waals surface area contributed by atoms with Crippen LogP contribution < -0.4 is 15.0 Å². The third-order valence-corrected chi connectivity index (χ3v) is 7.00. The van der Waals surface area contributed by atoms with Gasteiger partial charge in [-0.3, -0.25) is 13.9 Å². The molecular weight excluding hydrogens is 328 g/mol. The third-order valence-electron chi connectivity index (χ3n) is 5.33. The number of ketones is 1. The van der Waals surface area contributed by atoms with Crippen LogP contribution in [0.2, 0.25) is 0 Å². The van der Waals surface area contributed by atoms with Crippen LogP contribution in [0.5, 0.6) is 5.75 Å². The number of nitrogens with zero attached hydrogens (tertiary/aromatic N) is 1. The lowest BCUT2D eigenvalue weighted by Gasteiger charge is -2.43. The van der Waals surface area contributed by atoms with Crippen LogP contribution in [0, 0.1) is 0 Å². The van der Waals surface area contributed by atoms with Crippen molar-refractivity contribution in [1.82, 2.24) is 5.32 Å². The molecule has 3 aliphatic rings. The predicted octanol–water partition coefficient (Wildman–Crippen LogP) is 2.34. The van der Waals surface area contributed by atoms with Gasteiger partial charge in [-0.25, -0.2) is 0 Å². The first kappa shape index (κ1) is 16.2. The van der Waals surface area contributed by atoms with Gasteiger partial charge in [0.15, 0.2) is 5.78 Å². The first-order valence-corrected chi connectivity index (χ1v) is 10.4. The lowest BCUT2D eigenvalue weighted by atomic mass is 9.83. The first-order chi connectivity index (χ1) is 11.5. The van der Waals surface area contributed by atoms with E-state index in [1.807, 2.05) is 18.2 Å². The molecule has 132 valence electrons. The second kappa shape index (κ2) is 5.91. The molecule has 1 aromatic rings. The van der Waals surface area contributed by atoms with Crippen molar-refractivity contribution in [2.75, 3.05) is 42.6 Å². The second-order valence-corrected chi connectivity index (χ2v) is 9.43. The van der Waals surface area contributed by atoms with Gasteiger partial charge < -0.3 is 15.0 Å². The summed E-state index contributed by atoms with van der Waals surface area (Å²) in [7, 11) is -2.41. The average Bonchev–Trinajstić information content (AvgIpc) is 2.55. The molecule has 3 aliphatic heterocycles. The van der Waals surface area contributed by atoms with Crippen molar-refractivity contribution < 1.29 is 18.6 Å². The van der Waals surface area contributed by atoms with Crippen LogP contribution in [0.3, 0.4) is 0 Å². The Labute approximate surface area is 143 Å². The van der Waals surface area contributed by atoms with Gasteiger partial charge in [0.25, 0.3) is 0 Å². The van der Waals surface area contributed by atoms with E-state index in [1.54, 1.807) is 0 Å². The van der Waals surface area contributed by atoms with Crippen LogP contribution in [0.15, 0.2) is 18.2 Å². The molecule has 1 aromatic carbocycles. The summed E-state index contributed by atoms with van der Waals surface area (Å²) in [4.78, 5) is 14.8. The summed E-state index contributed by atoms with van der Waals surface area (Å²) in [6.45, 7) is 2.99. The van der Waals surface area contributed by atoms with Crippen molar-refractivity contribution in [3.63, 3.8) is 0 Å². The fourth-order valence-corrected chi connectivity index (χ4v) is 5.05. The highest BCUT2D eigenvalue weighted by atomic mass is 32.3. The lowest BCUT2D eigenvalue weighted by molar-refractivity contribution is 0.0187. The standard InChI is InChI=1S/C17H24N2O4S/c20-15-12-17(3-5-18-6-4-17)23-16-2-1-13(11-14(15)16)19-7-9-24(21,22)10-8-19/h1-2,11,18,21-22H,3-10,12H2. The predicted molar refractivity (Wildman–Crippen MR) is 95.6 cm³/mol. The molecule has 0 aromatic heterocycles. The monoisotopic (exact) mass is 352 g/mol. The number of carbonyl (C=O) groups excluding carboxylic acids is 1. The topological polar surface area (TPSA) is 82.0 Å². The van der Waals surface area contributed by atoms with E-state index in [0.29, 0.717) is 42.3 Å². The second-order valence-electron chi connectivity index (χ2n) is 7.01. The number of hydrogen-bond acceptors (Lipinski definition) is 6. The molecule has 0 saturated carbocycles. The fourth-order valence-electron chi connectivity index (χ4n) is 3.82. The minimum Gasteiger partial charge on any atom is -0.486 e. The zero-order valence-electron chi connectivity index (χ0n) is 13.7. The number of hydrogen-bond donors (Lipinski definition) is 3. The van der Waals surface area contributed by atoms with E-state index in [4.69, 9.17) is 4.74 Å². The summed E-state index contributed by atoms with van der Waals surface area (Å²) in [5.74, 6) is 1.63. The van der Waals surface area contributed by atoms with E-state index in [0.717, 1.165) is 31.6 Å². The number of benzene rings is 1. The Bertz CT molecular complexity index is 648. The molecular formula is C17H24N2O4S. The smallest absolute Gasteiger partial charge is 0.170 e. The van der Waals surface area contributed by atoms with Crippen molar-refractivity contribution in [3.05, 3.63) is 23.8 Å². The molecule has 4 rings (SSSR count). The Kier molecular flexibility index (Phi) is 3.99. The summed E-state index contributed by atoms with van der Waals surface area (Å²) < 4.78 is 25.7. The first-order valence-electron chi connectivity index (χ1n) is 8.52. The number of anilines is 1. The normalized spacial score (nSPS) is 26.6. The molecule has 0 aliphatic carbocycles. The molecule has 24 heavy (non-hydrogen) atoms. The van der Waals surface area contributed by atoms with Crippen LogP contribution in [0.4, 0.5) is 5.69 Å². The Morgan fingerprint density at radius 1 is 1.17 bits per heavy atom. The lowest BCUT2D eigenvalue weighted by Crippen LogP contribution is -2.49. The zero-order chi connectivity index (χ0) is 16.8. The molecule has 3 N–H and O–H groups in total. The highest BCUT2D eigenvalue weighted by Gasteiger charge is 2.41. The van der Waals surface area contributed by atoms with Crippen LogP contribution in [-0.2, 0) is 0 Å². The number of ether oxygens (including phenoxy) is 1. The van der Waals surface area contributed by atoms with Gasteiger partial charge >= 0.3 is 0 Å². The molecule has 0 radical (unpaired) electrons. The molecule has 3 heterocycles. The maximum absolute atomic E-state index is 12.7. The highest BCUT2D eigenvalue weighted by molar-refractivity contribution is 8.24. The largest absolute Gasteiger partial charge is 0.486 e. The Morgan fingerprint density at radius 3 is 2.58 bits per heavy atom. The molecule has 7 heteroatoms. The van der Waals surface area contributed by atoms with Crippen molar-refractivity contribution in [3.8, 4) is 5.75 Å². The zero-order valence-corrected chi connectivity index (χ0v) is 14.5. The summed E-state index contributed by atoms with van der Waals surface area (Å²) in [5, 5.41) is 3.32. The fraction of sp³-hybridized carbons (Fsp3) is 0.588. The summed E-state index contributed by atoms with van der Waals surface area (Å²) in [6.07, 6.45) is 2.18. The molecule has 2 saturated heterocycles. The van der Waals surface area contributed by atoms with Crippen LogP contribution in [0.1, 0.15) is 29.6 Å². The van der Waals surface area contributed by atoms with Gasteiger partial charge in [-0.1, -0.05) is 0 Å². The minimum atomic E-state index is -2.41. The molecule has 0 amide bonds. The summed E-state index contributed by atoms with van der Waals surface area (Å²) >= 11 is 0. The van der Waals surface area contributed by atoms with Gasteiger partial charge in [0.1, 0.15) is 11.4 Å². The van der Waals surface area contributed by atoms with Crippen molar-refractivity contribution in [2.45, 2.75) is 24.9 Å². The number of nitrogens with one attached hydrogen (secondary N) is 1. The summed E-state index contributed by atoms with van der Waals surface area (Å²) in [5.41, 5.74) is 1.29. The van der Waals surface area contributed by atoms with Crippen LogP contribution >= 0.6 is 10.6 Å². The number of carbonyl (C=O) groups is 1. The van der Waals surface area contributed by atoms with Crippen molar-refractivity contribution in [2.24, 2.45) is 0 Å². The average molecular weight is 352 g/mol. The van der Waals surface area contributed by atoms with E-state index < -0.39 is 10.6 Å². The Morgan fingerprint density at radius 2 is 1.88 bits per heavy atom. The molecule has 1 spiro atoms. The minimum absolute atomic E-state index is 0.154. The van der Waals surface area contributed by atoms with Crippen molar-refractivity contribution in [1.29, 1.82) is 0 Å². The molecule has 0 unspecified atom stereocenters. The van der Waals surface area contributed by atoms with Crippen molar-refractivity contribution >= 4 is 22.1 Å². The van der Waals surface area contributed by atoms with E-state index in [2.05, 4.69) is 10.2 Å². The van der Waals surface area contributed by atoms with Gasteiger partial charge in [-0.2, -0.15) is 10.6 Å². The van der Waals surface area contributed by atoms with Gasteiger partial charge in [0.2, 0.25) is 0 Å². The van der Waals surface area contributed by atoms with Gasteiger partial charge in [0.05, 0.1) is 23.5 Å². The number of rotatable bonds is 1. The maximum atomic E-state index is 12.7. The maximum Gasteiger partial charge on any atom is 0.170 e. The highest BCUT2D eigenvalue weighted by Crippen LogP contribution is 2.43. The van der Waals surface area contributed by atoms with E-state index >= 15 is 0 Å².